The zero-order valence-corrected chi connectivity index (χ0v) is 21.7. The fourth-order valence-electron chi connectivity index (χ4n) is 6.19. The van der Waals surface area contributed by atoms with Gasteiger partial charge in [-0.1, -0.05) is 30.7 Å². The Morgan fingerprint density at radius 3 is 2.49 bits per heavy atom. The van der Waals surface area contributed by atoms with Gasteiger partial charge in [0.05, 0.1) is 23.2 Å². The first-order valence-electron chi connectivity index (χ1n) is 11.9. The number of benzene rings is 1. The number of likely N-dealkylation sites (N-methyl/N-ethyl adjacent to an activating group) is 1. The van der Waals surface area contributed by atoms with E-state index in [0.29, 0.717) is 17.3 Å². The first-order chi connectivity index (χ1) is 16.7. The number of anilines is 1. The number of halogens is 1. The van der Waals surface area contributed by atoms with Crippen molar-refractivity contribution in [2.24, 2.45) is 17.8 Å². The molecule has 3 aliphatic rings. The lowest BCUT2D eigenvalue weighted by atomic mass is 9.65. The van der Waals surface area contributed by atoms with Gasteiger partial charge in [-0.2, -0.15) is 0 Å². The summed E-state index contributed by atoms with van der Waals surface area (Å²) in [5.74, 6) is -1.61. The van der Waals surface area contributed by atoms with E-state index in [1.165, 1.54) is 4.90 Å². The Hall–Kier alpha value is -2.29. The van der Waals surface area contributed by atoms with E-state index in [1.807, 2.05) is 0 Å². The molecule has 188 valence electrons. The van der Waals surface area contributed by atoms with E-state index in [1.54, 1.807) is 65.0 Å². The second kappa shape index (κ2) is 9.99. The number of hydrogen-bond donors (Lipinski definition) is 1. The average Bonchev–Trinajstić information content (AvgIpc) is 3.42. The third-order valence-electron chi connectivity index (χ3n) is 7.60. The van der Waals surface area contributed by atoms with Crippen LogP contribution in [0.2, 0.25) is 5.02 Å². The molecule has 1 aromatic carbocycles. The normalized spacial score (nSPS) is 30.8. The molecule has 3 amide bonds. The Morgan fingerprint density at radius 2 is 1.89 bits per heavy atom. The number of β-amino-alcohol motifs (C(OH)–C–C–N with tert-alkyl or cyclic N) is 1. The summed E-state index contributed by atoms with van der Waals surface area (Å²) < 4.78 is -0.741. The molecule has 1 aromatic rings. The van der Waals surface area contributed by atoms with Crippen LogP contribution in [0.15, 0.2) is 49.6 Å². The van der Waals surface area contributed by atoms with Crippen LogP contribution in [0.4, 0.5) is 5.69 Å². The lowest BCUT2D eigenvalue weighted by molar-refractivity contribution is -0.143. The molecule has 3 saturated heterocycles. The van der Waals surface area contributed by atoms with Gasteiger partial charge >= 0.3 is 0 Å². The lowest BCUT2D eigenvalue weighted by Crippen LogP contribution is -2.57. The summed E-state index contributed by atoms with van der Waals surface area (Å²) >= 11 is 7.69. The van der Waals surface area contributed by atoms with Crippen LogP contribution in [0.1, 0.15) is 13.3 Å². The number of amides is 3. The van der Waals surface area contributed by atoms with Crippen LogP contribution >= 0.6 is 23.4 Å². The fourth-order valence-corrected chi connectivity index (χ4v) is 8.72. The first-order valence-corrected chi connectivity index (χ1v) is 13.1. The van der Waals surface area contributed by atoms with Crippen molar-refractivity contribution < 1.29 is 19.5 Å². The molecule has 1 N–H and O–H groups in total. The Labute approximate surface area is 215 Å². The molecular weight excluding hydrogens is 486 g/mol. The predicted molar refractivity (Wildman–Crippen MR) is 139 cm³/mol. The minimum atomic E-state index is -0.796. The molecule has 0 aliphatic carbocycles. The van der Waals surface area contributed by atoms with Crippen LogP contribution in [0.5, 0.6) is 0 Å². The van der Waals surface area contributed by atoms with Crippen LogP contribution in [0.25, 0.3) is 0 Å². The molecule has 0 aromatic heterocycles. The summed E-state index contributed by atoms with van der Waals surface area (Å²) in [6.45, 7) is 10.0. The number of fused-ring (bicyclic) bond motifs is 1. The Bertz CT molecular complexity index is 1030. The molecular formula is C26H32ClN3O4S. The quantitative estimate of drug-likeness (QED) is 0.509. The molecule has 0 saturated carbocycles. The molecule has 6 atom stereocenters. The van der Waals surface area contributed by atoms with Crippen molar-refractivity contribution >= 4 is 46.8 Å². The summed E-state index contributed by atoms with van der Waals surface area (Å²) in [7, 11) is 1.72. The Kier molecular flexibility index (Phi) is 7.36. The van der Waals surface area contributed by atoms with E-state index < -0.39 is 22.6 Å². The standard InChI is InChI=1S/C26H32ClN3O4S/c1-5-11-28(4)23(32)20-19-15-16(3)26(35-19)21(20)24(33)30(13-14-31)22(26)25(34)29(12-6-2)18-9-7-17(27)8-10-18/h5-10,16,19-22,31H,1-2,11-15H2,3-4H3/t16?,19-,20+,21+,22?,26?/m1/s1. The zero-order chi connectivity index (χ0) is 25.5. The smallest absolute Gasteiger partial charge is 0.251 e. The van der Waals surface area contributed by atoms with Gasteiger partial charge in [0.15, 0.2) is 0 Å². The average molecular weight is 518 g/mol. The van der Waals surface area contributed by atoms with Crippen molar-refractivity contribution in [2.45, 2.75) is 29.4 Å². The highest BCUT2D eigenvalue weighted by Crippen LogP contribution is 2.68. The Balaban J connectivity index is 1.79. The van der Waals surface area contributed by atoms with Crippen LogP contribution in [-0.4, -0.2) is 82.0 Å². The molecule has 0 radical (unpaired) electrons. The third kappa shape index (κ3) is 3.99. The van der Waals surface area contributed by atoms with Gasteiger partial charge < -0.3 is 19.8 Å². The minimum absolute atomic E-state index is 0.0336. The molecule has 4 rings (SSSR count). The second-order valence-electron chi connectivity index (χ2n) is 9.53. The molecule has 3 fully saturated rings. The van der Waals surface area contributed by atoms with E-state index in [9.17, 15) is 19.5 Å². The molecule has 7 nitrogen and oxygen atoms in total. The maximum absolute atomic E-state index is 14.3. The van der Waals surface area contributed by atoms with Gasteiger partial charge in [-0.3, -0.25) is 14.4 Å². The van der Waals surface area contributed by atoms with Gasteiger partial charge in [0, 0.05) is 42.6 Å². The van der Waals surface area contributed by atoms with Crippen molar-refractivity contribution in [3.63, 3.8) is 0 Å². The summed E-state index contributed by atoms with van der Waals surface area (Å²) in [5, 5.41) is 10.3. The van der Waals surface area contributed by atoms with Crippen molar-refractivity contribution in [2.75, 3.05) is 38.2 Å². The number of nitrogens with zero attached hydrogens (tertiary/aromatic N) is 3. The van der Waals surface area contributed by atoms with Crippen LogP contribution in [-0.2, 0) is 14.4 Å². The number of likely N-dealkylation sites (tertiary alicyclic amines) is 1. The highest BCUT2D eigenvalue weighted by molar-refractivity contribution is 8.02. The predicted octanol–water partition coefficient (Wildman–Crippen LogP) is 2.83. The van der Waals surface area contributed by atoms with Gasteiger partial charge in [0.25, 0.3) is 5.91 Å². The molecule has 2 bridgehead atoms. The topological polar surface area (TPSA) is 81.2 Å². The monoisotopic (exact) mass is 517 g/mol. The van der Waals surface area contributed by atoms with E-state index >= 15 is 0 Å². The van der Waals surface area contributed by atoms with Gasteiger partial charge in [0.2, 0.25) is 11.8 Å². The second-order valence-corrected chi connectivity index (χ2v) is 11.5. The summed E-state index contributed by atoms with van der Waals surface area (Å²) in [6, 6.07) is 6.18. The van der Waals surface area contributed by atoms with E-state index in [-0.39, 0.29) is 48.6 Å². The number of carbonyl (C=O) groups excluding carboxylic acids is 3. The molecule has 9 heteroatoms. The van der Waals surface area contributed by atoms with Crippen LogP contribution < -0.4 is 4.90 Å². The van der Waals surface area contributed by atoms with E-state index in [2.05, 4.69) is 20.1 Å². The Morgan fingerprint density at radius 1 is 1.23 bits per heavy atom. The highest BCUT2D eigenvalue weighted by atomic mass is 35.5. The molecule has 3 heterocycles. The van der Waals surface area contributed by atoms with Crippen LogP contribution in [0, 0.1) is 17.8 Å². The van der Waals surface area contributed by atoms with E-state index in [4.69, 9.17) is 11.6 Å². The SMILES string of the molecule is C=CCN(C)C(=O)[C@@H]1[C@H]2C(=O)N(CCO)C(C(=O)N(CC=C)c3ccc(Cl)cc3)C23S[C@@H]1CC3C. The number of aliphatic hydroxyl groups excluding tert-OH is 1. The summed E-state index contributed by atoms with van der Waals surface area (Å²) in [4.78, 5) is 46.4. The van der Waals surface area contributed by atoms with Crippen LogP contribution in [0.3, 0.4) is 0 Å². The lowest BCUT2D eigenvalue weighted by Gasteiger charge is -2.40. The number of carbonyl (C=O) groups is 3. The van der Waals surface area contributed by atoms with Crippen molar-refractivity contribution in [1.82, 2.24) is 9.80 Å². The molecule has 1 spiro atoms. The van der Waals surface area contributed by atoms with Gasteiger partial charge in [-0.05, 0) is 36.6 Å². The third-order valence-corrected chi connectivity index (χ3v) is 9.93. The maximum atomic E-state index is 14.3. The molecule has 3 unspecified atom stereocenters. The summed E-state index contributed by atoms with van der Waals surface area (Å²) in [6.07, 6.45) is 4.07. The highest BCUT2D eigenvalue weighted by Gasteiger charge is 2.76. The number of aliphatic hydroxyl groups is 1. The minimum Gasteiger partial charge on any atom is -0.395 e. The fraction of sp³-hybridized carbons (Fsp3) is 0.500. The van der Waals surface area contributed by atoms with Crippen molar-refractivity contribution in [1.29, 1.82) is 0 Å². The number of rotatable bonds is 9. The molecule has 35 heavy (non-hydrogen) atoms. The van der Waals surface area contributed by atoms with Crippen molar-refractivity contribution in [3.8, 4) is 0 Å². The van der Waals surface area contributed by atoms with Crippen molar-refractivity contribution in [3.05, 3.63) is 54.6 Å². The van der Waals surface area contributed by atoms with Gasteiger partial charge in [-0.25, -0.2) is 0 Å². The largest absolute Gasteiger partial charge is 0.395 e. The first kappa shape index (κ1) is 25.8. The van der Waals surface area contributed by atoms with E-state index in [0.717, 1.165) is 6.42 Å². The maximum Gasteiger partial charge on any atom is 0.251 e. The van der Waals surface area contributed by atoms with Gasteiger partial charge in [-0.15, -0.1) is 24.9 Å². The number of thioether (sulfide) groups is 1. The molecule has 3 aliphatic heterocycles. The zero-order valence-electron chi connectivity index (χ0n) is 20.1. The summed E-state index contributed by atoms with van der Waals surface area (Å²) in [5.41, 5.74) is 0.652. The number of hydrogen-bond acceptors (Lipinski definition) is 5. The van der Waals surface area contributed by atoms with Gasteiger partial charge in [0.1, 0.15) is 6.04 Å².